The van der Waals surface area contributed by atoms with Gasteiger partial charge in [0.2, 0.25) is 0 Å². The SMILES string of the molecule is CN(C)C(=O)c1ccc(-c2cnc(N3CCN([S+]([O-])c4cccnc4)CC3)c(C#N)c2)cc1Cl. The van der Waals surface area contributed by atoms with Gasteiger partial charge in [0, 0.05) is 45.1 Å². The van der Waals surface area contributed by atoms with Crippen molar-refractivity contribution in [3.05, 3.63) is 71.1 Å². The molecule has 1 atom stereocenters. The monoisotopic (exact) mass is 494 g/mol. The molecule has 1 aliphatic rings. The minimum absolute atomic E-state index is 0.175. The van der Waals surface area contributed by atoms with Crippen LogP contribution in [0.1, 0.15) is 15.9 Å². The number of piperazine rings is 1. The number of nitrogens with zero attached hydrogens (tertiary/aromatic N) is 6. The fourth-order valence-corrected chi connectivity index (χ4v) is 5.12. The number of aromatic nitrogens is 2. The Morgan fingerprint density at radius 2 is 1.91 bits per heavy atom. The van der Waals surface area contributed by atoms with E-state index in [0.29, 0.717) is 53.0 Å². The zero-order valence-electron chi connectivity index (χ0n) is 18.8. The van der Waals surface area contributed by atoms with E-state index in [1.807, 2.05) is 9.21 Å². The first kappa shape index (κ1) is 24.0. The molecular weight excluding hydrogens is 472 g/mol. The Balaban J connectivity index is 1.50. The predicted octanol–water partition coefficient (Wildman–Crippen LogP) is 3.22. The molecule has 4 rings (SSSR count). The maximum atomic E-state index is 12.8. The molecule has 174 valence electrons. The number of carbonyl (C=O) groups excluding carboxylic acids is 1. The van der Waals surface area contributed by atoms with E-state index >= 15 is 0 Å². The average Bonchev–Trinajstić information content (AvgIpc) is 2.88. The smallest absolute Gasteiger partial charge is 0.254 e. The van der Waals surface area contributed by atoms with Gasteiger partial charge < -0.3 is 14.4 Å². The number of halogens is 1. The van der Waals surface area contributed by atoms with Gasteiger partial charge in [-0.05, 0) is 35.9 Å². The number of nitriles is 1. The average molecular weight is 495 g/mol. The van der Waals surface area contributed by atoms with Crippen LogP contribution in [0.5, 0.6) is 0 Å². The summed E-state index contributed by atoms with van der Waals surface area (Å²) in [4.78, 5) is 25.0. The van der Waals surface area contributed by atoms with Gasteiger partial charge in [0.25, 0.3) is 5.91 Å². The lowest BCUT2D eigenvalue weighted by atomic mass is 10.0. The summed E-state index contributed by atoms with van der Waals surface area (Å²) in [6, 6.07) is 12.8. The normalized spacial score (nSPS) is 15.0. The molecular formula is C24H23ClN6O2S. The van der Waals surface area contributed by atoms with Crippen LogP contribution in [0.3, 0.4) is 0 Å². The Bertz CT molecular complexity index is 1230. The van der Waals surface area contributed by atoms with Crippen LogP contribution in [0, 0.1) is 11.3 Å². The minimum Gasteiger partial charge on any atom is -0.593 e. The molecule has 1 fully saturated rings. The minimum atomic E-state index is -1.27. The molecule has 1 saturated heterocycles. The summed E-state index contributed by atoms with van der Waals surface area (Å²) in [6.45, 7) is 2.35. The van der Waals surface area contributed by atoms with Gasteiger partial charge in [-0.1, -0.05) is 17.7 Å². The van der Waals surface area contributed by atoms with E-state index in [2.05, 4.69) is 16.0 Å². The van der Waals surface area contributed by atoms with Crippen LogP contribution in [0.2, 0.25) is 5.02 Å². The number of amides is 1. The molecule has 1 aliphatic heterocycles. The molecule has 34 heavy (non-hydrogen) atoms. The lowest BCUT2D eigenvalue weighted by molar-refractivity contribution is 0.0828. The third-order valence-electron chi connectivity index (χ3n) is 5.53. The third-order valence-corrected chi connectivity index (χ3v) is 7.33. The summed E-state index contributed by atoms with van der Waals surface area (Å²) in [5, 5.41) is 10.1. The van der Waals surface area contributed by atoms with Gasteiger partial charge >= 0.3 is 0 Å². The molecule has 0 spiro atoms. The standard InChI is InChI=1S/C24H23ClN6O2S/c1-29(2)24(32)21-6-5-17(13-22(21)25)19-12-18(14-26)23(28-15-19)30-8-10-31(11-9-30)34(33)20-4-3-7-27-16-20/h3-7,12-13,15-16H,8-11H2,1-2H3. The van der Waals surface area contributed by atoms with Gasteiger partial charge in [-0.3, -0.25) is 9.78 Å². The van der Waals surface area contributed by atoms with E-state index in [1.54, 1.807) is 69.1 Å². The number of anilines is 1. The van der Waals surface area contributed by atoms with Crippen LogP contribution in [0.15, 0.2) is 59.9 Å². The Hall–Kier alpha value is -3.16. The molecule has 3 heterocycles. The summed E-state index contributed by atoms with van der Waals surface area (Å²) in [5.74, 6) is 0.426. The van der Waals surface area contributed by atoms with Crippen molar-refractivity contribution in [1.82, 2.24) is 19.2 Å². The molecule has 2 aromatic heterocycles. The van der Waals surface area contributed by atoms with Gasteiger partial charge in [-0.15, -0.1) is 4.31 Å². The zero-order valence-corrected chi connectivity index (χ0v) is 20.4. The second kappa shape index (κ2) is 10.4. The molecule has 0 aliphatic carbocycles. The quantitative estimate of drug-likeness (QED) is 0.502. The molecule has 0 saturated carbocycles. The Morgan fingerprint density at radius 3 is 2.53 bits per heavy atom. The van der Waals surface area contributed by atoms with Crippen molar-refractivity contribution in [1.29, 1.82) is 5.26 Å². The number of benzene rings is 1. The fraction of sp³-hybridized carbons (Fsp3) is 0.250. The fourth-order valence-electron chi connectivity index (χ4n) is 3.72. The zero-order chi connectivity index (χ0) is 24.2. The number of hydrogen-bond acceptors (Lipinski definition) is 7. The highest BCUT2D eigenvalue weighted by molar-refractivity contribution is 7.89. The first-order valence-electron chi connectivity index (χ1n) is 10.6. The number of hydrogen-bond donors (Lipinski definition) is 0. The van der Waals surface area contributed by atoms with Crippen molar-refractivity contribution >= 4 is 34.7 Å². The van der Waals surface area contributed by atoms with E-state index in [4.69, 9.17) is 11.6 Å². The summed E-state index contributed by atoms with van der Waals surface area (Å²) in [5.41, 5.74) is 2.38. The number of carbonyl (C=O) groups is 1. The highest BCUT2D eigenvalue weighted by Gasteiger charge is 2.29. The van der Waals surface area contributed by atoms with Gasteiger partial charge in [0.05, 0.1) is 46.8 Å². The lowest BCUT2D eigenvalue weighted by Crippen LogP contribution is -2.49. The van der Waals surface area contributed by atoms with E-state index < -0.39 is 11.4 Å². The van der Waals surface area contributed by atoms with Crippen LogP contribution in [-0.2, 0) is 11.4 Å². The van der Waals surface area contributed by atoms with Gasteiger partial charge in [-0.25, -0.2) is 4.98 Å². The number of rotatable bonds is 5. The van der Waals surface area contributed by atoms with E-state index in [9.17, 15) is 14.6 Å². The molecule has 0 bridgehead atoms. The van der Waals surface area contributed by atoms with Crippen LogP contribution in [0.4, 0.5) is 5.82 Å². The molecule has 1 amide bonds. The maximum absolute atomic E-state index is 12.8. The Kier molecular flexibility index (Phi) is 7.34. The topological polar surface area (TPSA) is 99.4 Å². The summed E-state index contributed by atoms with van der Waals surface area (Å²) < 4.78 is 14.7. The van der Waals surface area contributed by atoms with Crippen LogP contribution in [-0.4, -0.2) is 69.9 Å². The molecule has 0 N–H and O–H groups in total. The van der Waals surface area contributed by atoms with Crippen molar-refractivity contribution in [3.63, 3.8) is 0 Å². The van der Waals surface area contributed by atoms with E-state index in [-0.39, 0.29) is 5.91 Å². The van der Waals surface area contributed by atoms with Crippen molar-refractivity contribution in [2.45, 2.75) is 4.90 Å². The summed E-state index contributed by atoms with van der Waals surface area (Å²) in [6.07, 6.45) is 4.98. The van der Waals surface area contributed by atoms with E-state index in [1.165, 1.54) is 4.90 Å². The highest BCUT2D eigenvalue weighted by Crippen LogP contribution is 2.29. The summed E-state index contributed by atoms with van der Waals surface area (Å²) >= 11 is 5.09. The lowest BCUT2D eigenvalue weighted by Gasteiger charge is -2.35. The second-order valence-corrected chi connectivity index (χ2v) is 9.85. The molecule has 0 radical (unpaired) electrons. The Morgan fingerprint density at radius 1 is 1.15 bits per heavy atom. The highest BCUT2D eigenvalue weighted by atomic mass is 35.5. The van der Waals surface area contributed by atoms with Crippen molar-refractivity contribution in [3.8, 4) is 17.2 Å². The molecule has 8 nitrogen and oxygen atoms in total. The van der Waals surface area contributed by atoms with E-state index in [0.717, 1.165) is 11.1 Å². The largest absolute Gasteiger partial charge is 0.593 e. The molecule has 1 aromatic carbocycles. The molecule has 3 aromatic rings. The van der Waals surface area contributed by atoms with Crippen molar-refractivity contribution in [2.75, 3.05) is 45.2 Å². The summed E-state index contributed by atoms with van der Waals surface area (Å²) in [7, 11) is 3.34. The molecule has 10 heteroatoms. The van der Waals surface area contributed by atoms with Crippen LogP contribution >= 0.6 is 11.6 Å². The van der Waals surface area contributed by atoms with Crippen molar-refractivity contribution in [2.24, 2.45) is 0 Å². The van der Waals surface area contributed by atoms with Crippen LogP contribution < -0.4 is 4.90 Å². The van der Waals surface area contributed by atoms with Gasteiger partial charge in [0.1, 0.15) is 11.9 Å². The third kappa shape index (κ3) is 5.00. The number of pyridine rings is 2. The predicted molar refractivity (Wildman–Crippen MR) is 132 cm³/mol. The maximum Gasteiger partial charge on any atom is 0.254 e. The molecule has 1 unspecified atom stereocenters. The van der Waals surface area contributed by atoms with Crippen LogP contribution in [0.25, 0.3) is 11.1 Å². The van der Waals surface area contributed by atoms with Gasteiger partial charge in [0.15, 0.2) is 4.90 Å². The first-order chi connectivity index (χ1) is 16.4. The second-order valence-electron chi connectivity index (χ2n) is 7.96. The van der Waals surface area contributed by atoms with Crippen molar-refractivity contribution < 1.29 is 9.35 Å². The van der Waals surface area contributed by atoms with Gasteiger partial charge in [-0.2, -0.15) is 5.26 Å². The Labute approximate surface area is 206 Å². The first-order valence-corrected chi connectivity index (χ1v) is 12.1.